The average Bonchev–Trinajstić information content (AvgIpc) is 3.14. The molecular weight excluding hydrogens is 412 g/mol. The van der Waals surface area contributed by atoms with Crippen molar-refractivity contribution in [2.75, 3.05) is 31.1 Å². The van der Waals surface area contributed by atoms with Gasteiger partial charge in [-0.2, -0.15) is 0 Å². The summed E-state index contributed by atoms with van der Waals surface area (Å²) in [5.74, 6) is 0.0969. The van der Waals surface area contributed by atoms with Crippen LogP contribution in [0, 0.1) is 0 Å². The van der Waals surface area contributed by atoms with Gasteiger partial charge in [0.2, 0.25) is 11.8 Å². The normalized spacial score (nSPS) is 15.5. The third kappa shape index (κ3) is 5.07. The fourth-order valence-electron chi connectivity index (χ4n) is 3.91. The molecule has 3 amide bonds. The van der Waals surface area contributed by atoms with Crippen molar-refractivity contribution in [1.29, 1.82) is 0 Å². The number of aromatic nitrogens is 1. The van der Waals surface area contributed by atoms with E-state index in [2.05, 4.69) is 10.3 Å². The summed E-state index contributed by atoms with van der Waals surface area (Å²) in [5, 5.41) is 3.63. The zero-order valence-corrected chi connectivity index (χ0v) is 18.2. The van der Waals surface area contributed by atoms with Crippen molar-refractivity contribution in [2.24, 2.45) is 0 Å². The van der Waals surface area contributed by atoms with Crippen molar-refractivity contribution in [3.8, 4) is 0 Å². The molecule has 1 N–H and O–H groups in total. The minimum atomic E-state index is -0.0868. The number of amides is 3. The summed E-state index contributed by atoms with van der Waals surface area (Å²) in [6.07, 6.45) is 4.95. The number of para-hydroxylation sites is 1. The van der Waals surface area contributed by atoms with Crippen LogP contribution in [-0.2, 0) is 9.59 Å². The second kappa shape index (κ2) is 9.96. The van der Waals surface area contributed by atoms with Crippen LogP contribution in [0.25, 0.3) is 0 Å². The number of rotatable bonds is 8. The van der Waals surface area contributed by atoms with E-state index in [1.54, 1.807) is 23.2 Å². The summed E-state index contributed by atoms with van der Waals surface area (Å²) in [6, 6.07) is 11.4. The van der Waals surface area contributed by atoms with Gasteiger partial charge in [0.25, 0.3) is 5.91 Å². The van der Waals surface area contributed by atoms with E-state index in [-0.39, 0.29) is 17.7 Å². The molecule has 0 aliphatic carbocycles. The number of carbonyl (C=O) groups excluding carboxylic acids is 3. The first kappa shape index (κ1) is 21.4. The maximum absolute atomic E-state index is 13.2. The van der Waals surface area contributed by atoms with E-state index >= 15 is 0 Å². The summed E-state index contributed by atoms with van der Waals surface area (Å²) >= 11 is 1.49. The van der Waals surface area contributed by atoms with E-state index in [9.17, 15) is 14.4 Å². The Labute approximate surface area is 186 Å². The molecule has 0 saturated carbocycles. The van der Waals surface area contributed by atoms with Crippen LogP contribution < -0.4 is 10.2 Å². The van der Waals surface area contributed by atoms with Crippen molar-refractivity contribution < 1.29 is 14.4 Å². The standard InChI is InChI=1S/C23H26N4O3S/c28-20(24-13-6-15-26-14-5-11-21(26)29)10-4-16-27-18-8-1-2-9-19(18)31-22-17(23(27)30)7-3-12-25-22/h1-3,7-9,12H,4-6,10-11,13-16H2,(H,24,28). The van der Waals surface area contributed by atoms with Gasteiger partial charge in [0.15, 0.2) is 0 Å². The molecule has 2 aromatic rings. The summed E-state index contributed by atoms with van der Waals surface area (Å²) in [4.78, 5) is 46.0. The second-order valence-electron chi connectivity index (χ2n) is 7.67. The lowest BCUT2D eigenvalue weighted by Crippen LogP contribution is -2.33. The van der Waals surface area contributed by atoms with Gasteiger partial charge in [0, 0.05) is 50.1 Å². The third-order valence-corrected chi connectivity index (χ3v) is 6.58. The molecule has 3 heterocycles. The van der Waals surface area contributed by atoms with Gasteiger partial charge in [-0.3, -0.25) is 14.4 Å². The predicted octanol–water partition coefficient (Wildman–Crippen LogP) is 3.10. The third-order valence-electron chi connectivity index (χ3n) is 5.49. The molecule has 1 saturated heterocycles. The monoisotopic (exact) mass is 438 g/mol. The number of anilines is 1. The predicted molar refractivity (Wildman–Crippen MR) is 119 cm³/mol. The van der Waals surface area contributed by atoms with Crippen molar-refractivity contribution >= 4 is 35.2 Å². The molecule has 1 fully saturated rings. The van der Waals surface area contributed by atoms with Crippen LogP contribution in [0.1, 0.15) is 42.5 Å². The number of nitrogens with one attached hydrogen (secondary N) is 1. The van der Waals surface area contributed by atoms with Crippen LogP contribution in [0.2, 0.25) is 0 Å². The first-order valence-corrected chi connectivity index (χ1v) is 11.5. The van der Waals surface area contributed by atoms with Gasteiger partial charge in [0.05, 0.1) is 11.3 Å². The molecule has 0 radical (unpaired) electrons. The quantitative estimate of drug-likeness (QED) is 0.641. The summed E-state index contributed by atoms with van der Waals surface area (Å²) in [6.45, 7) is 2.54. The van der Waals surface area contributed by atoms with Gasteiger partial charge in [-0.25, -0.2) is 4.98 Å². The molecule has 1 aromatic carbocycles. The summed E-state index contributed by atoms with van der Waals surface area (Å²) < 4.78 is 0. The summed E-state index contributed by atoms with van der Waals surface area (Å²) in [7, 11) is 0. The Kier molecular flexibility index (Phi) is 6.86. The first-order valence-electron chi connectivity index (χ1n) is 10.7. The lowest BCUT2D eigenvalue weighted by molar-refractivity contribution is -0.127. The van der Waals surface area contributed by atoms with Crippen molar-refractivity contribution in [3.05, 3.63) is 48.2 Å². The molecule has 0 atom stereocenters. The lowest BCUT2D eigenvalue weighted by atomic mass is 10.2. The smallest absolute Gasteiger partial charge is 0.261 e. The van der Waals surface area contributed by atoms with E-state index in [1.807, 2.05) is 29.2 Å². The van der Waals surface area contributed by atoms with Gasteiger partial charge >= 0.3 is 0 Å². The zero-order valence-electron chi connectivity index (χ0n) is 17.4. The average molecular weight is 439 g/mol. The summed E-state index contributed by atoms with van der Waals surface area (Å²) in [5.41, 5.74) is 1.44. The topological polar surface area (TPSA) is 82.6 Å². The largest absolute Gasteiger partial charge is 0.356 e. The van der Waals surface area contributed by atoms with E-state index in [4.69, 9.17) is 0 Å². The van der Waals surface area contributed by atoms with E-state index in [1.165, 1.54) is 11.8 Å². The highest BCUT2D eigenvalue weighted by molar-refractivity contribution is 7.99. The molecule has 0 spiro atoms. The van der Waals surface area contributed by atoms with Crippen molar-refractivity contribution in [1.82, 2.24) is 15.2 Å². The molecule has 162 valence electrons. The van der Waals surface area contributed by atoms with E-state index in [0.29, 0.717) is 49.5 Å². The molecule has 2 aliphatic heterocycles. The van der Waals surface area contributed by atoms with Crippen LogP contribution in [0.4, 0.5) is 5.69 Å². The second-order valence-corrected chi connectivity index (χ2v) is 8.70. The molecule has 2 aliphatic rings. The molecular formula is C23H26N4O3S. The Morgan fingerprint density at radius 3 is 2.81 bits per heavy atom. The SMILES string of the molecule is O=C(CCCN1C(=O)c2cccnc2Sc2ccccc21)NCCCN1CCCC1=O. The van der Waals surface area contributed by atoms with Crippen LogP contribution in [0.3, 0.4) is 0 Å². The van der Waals surface area contributed by atoms with Gasteiger partial charge in [-0.05, 0) is 43.5 Å². The Hall–Kier alpha value is -2.87. The molecule has 7 nitrogen and oxygen atoms in total. The molecule has 31 heavy (non-hydrogen) atoms. The fourth-order valence-corrected chi connectivity index (χ4v) is 4.92. The Bertz CT molecular complexity index is 981. The number of carbonyl (C=O) groups is 3. The minimum absolute atomic E-state index is 0.0280. The fraction of sp³-hybridized carbons (Fsp3) is 0.391. The minimum Gasteiger partial charge on any atom is -0.356 e. The number of benzene rings is 1. The Morgan fingerprint density at radius 2 is 1.97 bits per heavy atom. The number of pyridine rings is 1. The molecule has 0 bridgehead atoms. The van der Waals surface area contributed by atoms with Crippen LogP contribution in [-0.4, -0.2) is 53.8 Å². The zero-order chi connectivity index (χ0) is 21.6. The van der Waals surface area contributed by atoms with Gasteiger partial charge < -0.3 is 15.1 Å². The Morgan fingerprint density at radius 1 is 1.10 bits per heavy atom. The maximum Gasteiger partial charge on any atom is 0.261 e. The number of nitrogens with zero attached hydrogens (tertiary/aromatic N) is 3. The van der Waals surface area contributed by atoms with E-state index in [0.717, 1.165) is 30.0 Å². The highest BCUT2D eigenvalue weighted by atomic mass is 32.2. The number of likely N-dealkylation sites (tertiary alicyclic amines) is 1. The number of fused-ring (bicyclic) bond motifs is 2. The van der Waals surface area contributed by atoms with Crippen molar-refractivity contribution in [3.63, 3.8) is 0 Å². The highest BCUT2D eigenvalue weighted by Crippen LogP contribution is 2.40. The van der Waals surface area contributed by atoms with Crippen molar-refractivity contribution in [2.45, 2.75) is 42.0 Å². The molecule has 4 rings (SSSR count). The van der Waals surface area contributed by atoms with Crippen LogP contribution >= 0.6 is 11.8 Å². The van der Waals surface area contributed by atoms with Crippen LogP contribution in [0.15, 0.2) is 52.5 Å². The molecule has 1 aromatic heterocycles. The van der Waals surface area contributed by atoms with Gasteiger partial charge in [-0.1, -0.05) is 23.9 Å². The van der Waals surface area contributed by atoms with Gasteiger partial charge in [0.1, 0.15) is 5.03 Å². The lowest BCUT2D eigenvalue weighted by Gasteiger charge is -2.22. The molecule has 8 heteroatoms. The number of hydrogen-bond acceptors (Lipinski definition) is 5. The van der Waals surface area contributed by atoms with Crippen LogP contribution in [0.5, 0.6) is 0 Å². The number of hydrogen-bond donors (Lipinski definition) is 1. The Balaban J connectivity index is 1.30. The maximum atomic E-state index is 13.2. The van der Waals surface area contributed by atoms with Gasteiger partial charge in [-0.15, -0.1) is 0 Å². The highest BCUT2D eigenvalue weighted by Gasteiger charge is 2.27. The van der Waals surface area contributed by atoms with E-state index < -0.39 is 0 Å². The first-order chi connectivity index (χ1) is 15.1. The molecule has 0 unspecified atom stereocenters.